The fraction of sp³-hybridized carbons (Fsp3) is 0.833. The van der Waals surface area contributed by atoms with E-state index in [1.165, 1.54) is 0 Å². The van der Waals surface area contributed by atoms with Crippen LogP contribution in [0.4, 0.5) is 0 Å². The maximum absolute atomic E-state index is 12.0. The fourth-order valence-electron chi connectivity index (χ4n) is 1.71. The van der Waals surface area contributed by atoms with Crippen LogP contribution in [0.2, 0.25) is 0 Å². The van der Waals surface area contributed by atoms with Crippen LogP contribution < -0.4 is 5.32 Å². The number of hydrogen-bond acceptors (Lipinski definition) is 4. The first-order valence-electron chi connectivity index (χ1n) is 6.08. The van der Waals surface area contributed by atoms with Crippen LogP contribution in [0.5, 0.6) is 0 Å². The summed E-state index contributed by atoms with van der Waals surface area (Å²) in [6.07, 6.45) is -0.769. The van der Waals surface area contributed by atoms with Gasteiger partial charge in [-0.2, -0.15) is 0 Å². The average Bonchev–Trinajstić information content (AvgIpc) is 2.28. The topological polar surface area (TPSA) is 84.9 Å². The van der Waals surface area contributed by atoms with Gasteiger partial charge in [-0.1, -0.05) is 13.8 Å². The number of carboxylic acid groups (broad SMARTS) is 1. The summed E-state index contributed by atoms with van der Waals surface area (Å²) in [5.41, 5.74) is -0.788. The molecule has 1 fully saturated rings. The van der Waals surface area contributed by atoms with Gasteiger partial charge in [0.1, 0.15) is 0 Å². The molecule has 18 heavy (non-hydrogen) atoms. The molecule has 1 aliphatic heterocycles. The van der Waals surface area contributed by atoms with Crippen LogP contribution in [0.25, 0.3) is 0 Å². The number of aliphatic carboxylic acids is 1. The highest BCUT2D eigenvalue weighted by molar-refractivity contribution is 5.82. The van der Waals surface area contributed by atoms with E-state index < -0.39 is 17.6 Å². The molecule has 2 unspecified atom stereocenters. The largest absolute Gasteiger partial charge is 0.481 e. The van der Waals surface area contributed by atoms with Gasteiger partial charge < -0.3 is 19.9 Å². The SMILES string of the molecule is CC(C)C(C)(CC(=O)O)NC(=O)C1COCCO1. The third kappa shape index (κ3) is 3.96. The van der Waals surface area contributed by atoms with Crippen molar-refractivity contribution in [3.63, 3.8) is 0 Å². The van der Waals surface area contributed by atoms with E-state index in [1.807, 2.05) is 13.8 Å². The van der Waals surface area contributed by atoms with Crippen LogP contribution in [-0.2, 0) is 19.1 Å². The highest BCUT2D eigenvalue weighted by atomic mass is 16.6. The van der Waals surface area contributed by atoms with Crippen molar-refractivity contribution in [3.05, 3.63) is 0 Å². The van der Waals surface area contributed by atoms with Crippen LogP contribution in [0.3, 0.4) is 0 Å². The molecule has 0 bridgehead atoms. The summed E-state index contributed by atoms with van der Waals surface area (Å²) < 4.78 is 10.4. The lowest BCUT2D eigenvalue weighted by Crippen LogP contribution is -2.56. The van der Waals surface area contributed by atoms with E-state index in [0.717, 1.165) is 0 Å². The van der Waals surface area contributed by atoms with E-state index in [9.17, 15) is 9.59 Å². The molecule has 0 aromatic carbocycles. The fourth-order valence-corrected chi connectivity index (χ4v) is 1.71. The summed E-state index contributed by atoms with van der Waals surface area (Å²) >= 11 is 0. The summed E-state index contributed by atoms with van der Waals surface area (Å²) in [7, 11) is 0. The van der Waals surface area contributed by atoms with E-state index in [0.29, 0.717) is 13.2 Å². The highest BCUT2D eigenvalue weighted by Crippen LogP contribution is 2.21. The summed E-state index contributed by atoms with van der Waals surface area (Å²) in [6, 6.07) is 0. The van der Waals surface area contributed by atoms with Gasteiger partial charge in [0.15, 0.2) is 6.10 Å². The van der Waals surface area contributed by atoms with Gasteiger partial charge in [-0.25, -0.2) is 0 Å². The molecule has 0 aromatic heterocycles. The molecule has 1 aliphatic rings. The molecule has 0 spiro atoms. The van der Waals surface area contributed by atoms with Crippen LogP contribution >= 0.6 is 0 Å². The molecule has 0 saturated carbocycles. The number of carboxylic acids is 1. The van der Waals surface area contributed by atoms with Gasteiger partial charge in [0.05, 0.1) is 31.8 Å². The first kappa shape index (κ1) is 14.9. The Balaban J connectivity index is 2.64. The van der Waals surface area contributed by atoms with Gasteiger partial charge in [0.25, 0.3) is 5.91 Å². The van der Waals surface area contributed by atoms with E-state index in [2.05, 4.69) is 5.32 Å². The molecule has 6 nitrogen and oxygen atoms in total. The van der Waals surface area contributed by atoms with Crippen LogP contribution in [-0.4, -0.2) is 48.4 Å². The molecule has 1 amide bonds. The first-order chi connectivity index (χ1) is 8.35. The van der Waals surface area contributed by atoms with Crippen LogP contribution in [0, 0.1) is 5.92 Å². The average molecular weight is 259 g/mol. The zero-order chi connectivity index (χ0) is 13.8. The second-order valence-corrected chi connectivity index (χ2v) is 5.07. The Morgan fingerprint density at radius 3 is 2.56 bits per heavy atom. The maximum Gasteiger partial charge on any atom is 0.305 e. The maximum atomic E-state index is 12.0. The first-order valence-corrected chi connectivity index (χ1v) is 6.08. The van der Waals surface area contributed by atoms with Crippen molar-refractivity contribution < 1.29 is 24.2 Å². The number of hydrogen-bond donors (Lipinski definition) is 2. The van der Waals surface area contributed by atoms with E-state index >= 15 is 0 Å². The van der Waals surface area contributed by atoms with Gasteiger partial charge in [0, 0.05) is 0 Å². The Hall–Kier alpha value is -1.14. The molecule has 0 aliphatic carbocycles. The van der Waals surface area contributed by atoms with Crippen LogP contribution in [0.1, 0.15) is 27.2 Å². The molecule has 1 heterocycles. The zero-order valence-electron chi connectivity index (χ0n) is 11.1. The van der Waals surface area contributed by atoms with Crippen molar-refractivity contribution in [1.82, 2.24) is 5.32 Å². The minimum absolute atomic E-state index is 0.00191. The molecule has 1 rings (SSSR count). The van der Waals surface area contributed by atoms with E-state index in [1.54, 1.807) is 6.92 Å². The molecular weight excluding hydrogens is 238 g/mol. The third-order valence-corrected chi connectivity index (χ3v) is 3.31. The number of carbonyl (C=O) groups excluding carboxylic acids is 1. The summed E-state index contributed by atoms with van der Waals surface area (Å²) in [5.74, 6) is -1.25. The smallest absolute Gasteiger partial charge is 0.305 e. The number of carbonyl (C=O) groups is 2. The minimum Gasteiger partial charge on any atom is -0.481 e. The number of rotatable bonds is 5. The van der Waals surface area contributed by atoms with E-state index in [-0.39, 0.29) is 24.9 Å². The predicted molar refractivity (Wildman–Crippen MR) is 64.2 cm³/mol. The Bertz CT molecular complexity index is 312. The molecule has 1 saturated heterocycles. The predicted octanol–water partition coefficient (Wildman–Crippen LogP) is 0.407. The Labute approximate surface area is 107 Å². The van der Waals surface area contributed by atoms with Gasteiger partial charge in [-0.05, 0) is 12.8 Å². The summed E-state index contributed by atoms with van der Waals surface area (Å²) in [6.45, 7) is 6.57. The molecular formula is C12H21NO5. The summed E-state index contributed by atoms with van der Waals surface area (Å²) in [5, 5.41) is 11.7. The van der Waals surface area contributed by atoms with Gasteiger partial charge in [-0.3, -0.25) is 9.59 Å². The summed E-state index contributed by atoms with van der Waals surface area (Å²) in [4.78, 5) is 22.9. The Morgan fingerprint density at radius 1 is 1.44 bits per heavy atom. The second-order valence-electron chi connectivity index (χ2n) is 5.07. The van der Waals surface area contributed by atoms with E-state index in [4.69, 9.17) is 14.6 Å². The monoisotopic (exact) mass is 259 g/mol. The third-order valence-electron chi connectivity index (χ3n) is 3.31. The zero-order valence-corrected chi connectivity index (χ0v) is 11.1. The van der Waals surface area contributed by atoms with Crippen molar-refractivity contribution >= 4 is 11.9 Å². The van der Waals surface area contributed by atoms with Crippen molar-refractivity contribution in [2.75, 3.05) is 19.8 Å². The highest BCUT2D eigenvalue weighted by Gasteiger charge is 2.35. The standard InChI is InChI=1S/C12H21NO5/c1-8(2)12(3,6-10(14)15)13-11(16)9-7-17-4-5-18-9/h8-9H,4-7H2,1-3H3,(H,13,16)(H,14,15). The van der Waals surface area contributed by atoms with Gasteiger partial charge in [-0.15, -0.1) is 0 Å². The Kier molecular flexibility index (Phi) is 5.10. The molecule has 104 valence electrons. The number of nitrogens with one attached hydrogen (secondary N) is 1. The van der Waals surface area contributed by atoms with Gasteiger partial charge >= 0.3 is 5.97 Å². The molecule has 0 aromatic rings. The number of amides is 1. The quantitative estimate of drug-likeness (QED) is 0.747. The normalized spacial score (nSPS) is 23.4. The van der Waals surface area contributed by atoms with Crippen molar-refractivity contribution in [3.8, 4) is 0 Å². The molecule has 2 N–H and O–H groups in total. The van der Waals surface area contributed by atoms with Crippen LogP contribution in [0.15, 0.2) is 0 Å². The van der Waals surface area contributed by atoms with Crippen molar-refractivity contribution in [2.24, 2.45) is 5.92 Å². The van der Waals surface area contributed by atoms with Crippen molar-refractivity contribution in [1.29, 1.82) is 0 Å². The second kappa shape index (κ2) is 6.15. The molecule has 6 heteroatoms. The lowest BCUT2D eigenvalue weighted by Gasteiger charge is -2.35. The van der Waals surface area contributed by atoms with Gasteiger partial charge in [0.2, 0.25) is 0 Å². The molecule has 2 atom stereocenters. The number of ether oxygens (including phenoxy) is 2. The Morgan fingerprint density at radius 2 is 2.11 bits per heavy atom. The molecule has 0 radical (unpaired) electrons. The van der Waals surface area contributed by atoms with Crippen molar-refractivity contribution in [2.45, 2.75) is 38.8 Å². The minimum atomic E-state index is -0.938. The lowest BCUT2D eigenvalue weighted by atomic mass is 9.85. The lowest BCUT2D eigenvalue weighted by molar-refractivity contribution is -0.150.